The molecule has 1 unspecified atom stereocenters. The van der Waals surface area contributed by atoms with E-state index in [1.807, 2.05) is 51.1 Å². The van der Waals surface area contributed by atoms with Crippen LogP contribution >= 0.6 is 24.8 Å². The molecule has 6 aromatic rings. The summed E-state index contributed by atoms with van der Waals surface area (Å²) in [6.45, 7) is 6.92. The number of nitrogens with zero attached hydrogens (tertiary/aromatic N) is 4. The van der Waals surface area contributed by atoms with E-state index in [0.29, 0.717) is 49.8 Å². The maximum absolute atomic E-state index is 14.3. The van der Waals surface area contributed by atoms with E-state index in [9.17, 15) is 24.3 Å². The largest absolute Gasteiger partial charge is 0.488 e. The lowest BCUT2D eigenvalue weighted by Crippen LogP contribution is -2.52. The van der Waals surface area contributed by atoms with Gasteiger partial charge in [0, 0.05) is 36.6 Å². The molecular formula is C48H54Cl2N8O8. The van der Waals surface area contributed by atoms with Gasteiger partial charge in [0.05, 0.1) is 48.7 Å². The van der Waals surface area contributed by atoms with Gasteiger partial charge in [-0.1, -0.05) is 62.4 Å². The number of methoxy groups -OCH3 is 2. The van der Waals surface area contributed by atoms with E-state index in [0.717, 1.165) is 61.9 Å². The Balaban J connectivity index is 0.00000324. The molecule has 4 amide bonds. The number of halogens is 2. The molecule has 66 heavy (non-hydrogen) atoms. The Hall–Kier alpha value is -6.36. The van der Waals surface area contributed by atoms with Crippen molar-refractivity contribution in [3.8, 4) is 28.1 Å². The third-order valence-electron chi connectivity index (χ3n) is 12.9. The monoisotopic (exact) mass is 940 g/mol. The van der Waals surface area contributed by atoms with Crippen molar-refractivity contribution in [2.24, 2.45) is 11.8 Å². The van der Waals surface area contributed by atoms with Crippen molar-refractivity contribution in [2.75, 3.05) is 27.4 Å². The zero-order valence-electron chi connectivity index (χ0n) is 37.2. The standard InChI is InChI=1S/C48H52N8O8.2ClH/c1-25(2)40(53-47(59)60)46(58)56-26(3)11-16-37(56)44-50-35-15-13-29-19-34-32-14-12-30(18-31(32)24-64-39(34)20-33(29)42(35)52-44)36-21-49-43(51-36)38-17-27(23-62-4)22-55(38)45(57)41(54-48(61)63-5)28-9-7-6-8-10-28;;/h6-10,12-15,18-21,25-27,37-38,40-41,53H,11,16-17,22-24H2,1-5H3,(H,49,51)(H,50,52)(H,54,61)(H,59,60);2*1H/t26-,27?,37-,38-,40-,41+;;/m0../s1. The zero-order valence-corrected chi connectivity index (χ0v) is 38.8. The normalized spacial score (nSPS) is 19.5. The molecular weight excluding hydrogens is 887 g/mol. The molecule has 0 bridgehead atoms. The summed E-state index contributed by atoms with van der Waals surface area (Å²) in [5.74, 6) is 1.38. The lowest BCUT2D eigenvalue weighted by atomic mass is 9.92. The summed E-state index contributed by atoms with van der Waals surface area (Å²) in [5.41, 5.74) is 7.00. The fourth-order valence-electron chi connectivity index (χ4n) is 9.77. The number of benzene rings is 4. The number of aromatic amines is 2. The van der Waals surface area contributed by atoms with Crippen LogP contribution in [0.2, 0.25) is 0 Å². The molecule has 5 heterocycles. The molecule has 3 aliphatic rings. The summed E-state index contributed by atoms with van der Waals surface area (Å²) in [5, 5.41) is 16.5. The Labute approximate surface area is 394 Å². The molecule has 3 aliphatic heterocycles. The average Bonchev–Trinajstić information content (AvgIpc) is 4.12. The van der Waals surface area contributed by atoms with E-state index < -0.39 is 24.3 Å². The van der Waals surface area contributed by atoms with Crippen LogP contribution in [-0.2, 0) is 25.7 Å². The predicted molar refractivity (Wildman–Crippen MR) is 253 cm³/mol. The maximum atomic E-state index is 14.3. The first-order valence-electron chi connectivity index (χ1n) is 21.7. The predicted octanol–water partition coefficient (Wildman–Crippen LogP) is 8.49. The van der Waals surface area contributed by atoms with Crippen molar-refractivity contribution in [3.05, 3.63) is 102 Å². The summed E-state index contributed by atoms with van der Waals surface area (Å²) in [6.07, 6.45) is 1.98. The summed E-state index contributed by atoms with van der Waals surface area (Å²) < 4.78 is 16.8. The smallest absolute Gasteiger partial charge is 0.407 e. The van der Waals surface area contributed by atoms with Gasteiger partial charge in [0.25, 0.3) is 5.91 Å². The molecule has 2 aromatic heterocycles. The number of hydrogen-bond acceptors (Lipinski definition) is 9. The van der Waals surface area contributed by atoms with Gasteiger partial charge in [-0.15, -0.1) is 24.8 Å². The van der Waals surface area contributed by atoms with E-state index in [1.54, 1.807) is 35.2 Å². The minimum atomic E-state index is -1.23. The number of likely N-dealkylation sites (tertiary alicyclic amines) is 2. The molecule has 0 aliphatic carbocycles. The number of alkyl carbamates (subject to hydrolysis) is 1. The van der Waals surface area contributed by atoms with Crippen LogP contribution in [0.5, 0.6) is 5.75 Å². The minimum Gasteiger partial charge on any atom is -0.488 e. The van der Waals surface area contributed by atoms with Gasteiger partial charge < -0.3 is 49.7 Å². The number of aromatic nitrogens is 4. The fraction of sp³-hybridized carbons (Fsp3) is 0.375. The highest BCUT2D eigenvalue weighted by Crippen LogP contribution is 2.44. The second-order valence-electron chi connectivity index (χ2n) is 17.4. The van der Waals surface area contributed by atoms with E-state index in [-0.39, 0.29) is 66.6 Å². The van der Waals surface area contributed by atoms with Crippen LogP contribution < -0.4 is 15.4 Å². The Bertz CT molecular complexity index is 2760. The number of carboxylic acid groups (broad SMARTS) is 1. The van der Waals surface area contributed by atoms with E-state index in [2.05, 4.69) is 50.9 Å². The van der Waals surface area contributed by atoms with Crippen LogP contribution in [0.25, 0.3) is 44.2 Å². The average molecular weight is 942 g/mol. The SMILES string of the molecule is COCC1C[C@@H](c2ncc(-c3ccc4c(c3)COc3cc5c(ccc6[nH]c([C@@H]7CC[C@H](C)N7C(=O)[C@@H](NC(=O)O)C(C)C)nc65)cc3-4)[nH]2)N(C(=O)[C@H](NC(=O)OC)c2ccccc2)C1.Cl.Cl. The van der Waals surface area contributed by atoms with Gasteiger partial charge in [-0.2, -0.15) is 0 Å². The number of hydrogen-bond donors (Lipinski definition) is 5. The number of carbonyl (C=O) groups excluding carboxylic acids is 3. The molecule has 18 heteroatoms. The van der Waals surface area contributed by atoms with Gasteiger partial charge in [-0.3, -0.25) is 9.59 Å². The van der Waals surface area contributed by atoms with Gasteiger partial charge in [0.2, 0.25) is 5.91 Å². The Morgan fingerprint density at radius 3 is 2.42 bits per heavy atom. The van der Waals surface area contributed by atoms with Crippen molar-refractivity contribution in [1.29, 1.82) is 0 Å². The third kappa shape index (κ3) is 8.96. The van der Waals surface area contributed by atoms with Crippen molar-refractivity contribution >= 4 is 70.6 Å². The molecule has 348 valence electrons. The summed E-state index contributed by atoms with van der Waals surface area (Å²) in [4.78, 5) is 72.6. The quantitative estimate of drug-likeness (QED) is 0.0838. The number of imidazole rings is 2. The Morgan fingerprint density at radius 2 is 1.70 bits per heavy atom. The van der Waals surface area contributed by atoms with Crippen molar-refractivity contribution < 1.29 is 38.5 Å². The first kappa shape index (κ1) is 47.6. The maximum Gasteiger partial charge on any atom is 0.407 e. The molecule has 0 radical (unpaired) electrons. The molecule has 2 fully saturated rings. The lowest BCUT2D eigenvalue weighted by Gasteiger charge is -2.32. The van der Waals surface area contributed by atoms with E-state index in [1.165, 1.54) is 7.11 Å². The minimum absolute atomic E-state index is 0. The molecule has 9 rings (SSSR count). The first-order chi connectivity index (χ1) is 30.9. The molecule has 0 spiro atoms. The van der Waals surface area contributed by atoms with Crippen molar-refractivity contribution in [3.63, 3.8) is 0 Å². The number of ether oxygens (including phenoxy) is 3. The van der Waals surface area contributed by atoms with E-state index >= 15 is 0 Å². The van der Waals surface area contributed by atoms with Gasteiger partial charge in [-0.05, 0) is 84.0 Å². The Morgan fingerprint density at radius 1 is 0.909 bits per heavy atom. The molecule has 0 saturated carbocycles. The molecule has 4 aromatic carbocycles. The summed E-state index contributed by atoms with van der Waals surface area (Å²) in [7, 11) is 2.92. The second-order valence-corrected chi connectivity index (χ2v) is 17.4. The van der Waals surface area contributed by atoms with Gasteiger partial charge in [0.15, 0.2) is 0 Å². The highest BCUT2D eigenvalue weighted by Gasteiger charge is 2.43. The van der Waals surface area contributed by atoms with Crippen molar-refractivity contribution in [1.82, 2.24) is 40.4 Å². The number of H-pyrrole nitrogens is 2. The lowest BCUT2D eigenvalue weighted by molar-refractivity contribution is -0.137. The highest BCUT2D eigenvalue weighted by molar-refractivity contribution is 6.07. The zero-order chi connectivity index (χ0) is 44.8. The molecule has 6 atom stereocenters. The van der Waals surface area contributed by atoms with Gasteiger partial charge in [0.1, 0.15) is 36.1 Å². The fourth-order valence-corrected chi connectivity index (χ4v) is 9.77. The number of fused-ring (bicyclic) bond motifs is 6. The van der Waals surface area contributed by atoms with Crippen molar-refractivity contribution in [2.45, 2.75) is 76.8 Å². The van der Waals surface area contributed by atoms with Gasteiger partial charge in [-0.25, -0.2) is 19.6 Å². The number of carbonyl (C=O) groups is 4. The summed E-state index contributed by atoms with van der Waals surface area (Å²) >= 11 is 0. The van der Waals surface area contributed by atoms with Crippen LogP contribution in [0.15, 0.2) is 79.0 Å². The molecule has 16 nitrogen and oxygen atoms in total. The first-order valence-corrected chi connectivity index (χ1v) is 21.7. The third-order valence-corrected chi connectivity index (χ3v) is 12.9. The van der Waals surface area contributed by atoms with Crippen LogP contribution in [-0.4, -0.2) is 98.3 Å². The highest BCUT2D eigenvalue weighted by atomic mass is 35.5. The topological polar surface area (TPSA) is 204 Å². The van der Waals surface area contributed by atoms with Crippen LogP contribution in [0, 0.1) is 11.8 Å². The van der Waals surface area contributed by atoms with Crippen LogP contribution in [0.3, 0.4) is 0 Å². The van der Waals surface area contributed by atoms with Gasteiger partial charge >= 0.3 is 12.2 Å². The second kappa shape index (κ2) is 19.6. The van der Waals surface area contributed by atoms with Crippen LogP contribution in [0.1, 0.15) is 80.9 Å². The molecule has 2 saturated heterocycles. The number of rotatable bonds is 11. The van der Waals surface area contributed by atoms with Crippen LogP contribution in [0.4, 0.5) is 9.59 Å². The number of nitrogens with one attached hydrogen (secondary N) is 4. The number of amides is 4. The Kier molecular flexibility index (Phi) is 14.2. The summed E-state index contributed by atoms with van der Waals surface area (Å²) in [6, 6.07) is 21.0. The molecule has 5 N–H and O–H groups in total. The van der Waals surface area contributed by atoms with E-state index in [4.69, 9.17) is 24.2 Å².